The molecule has 0 amide bonds. The summed E-state index contributed by atoms with van der Waals surface area (Å²) in [5, 5.41) is 1.06. The van der Waals surface area contributed by atoms with Gasteiger partial charge in [0, 0.05) is 0 Å². The van der Waals surface area contributed by atoms with Crippen molar-refractivity contribution in [3.63, 3.8) is 0 Å². The van der Waals surface area contributed by atoms with Gasteiger partial charge in [-0.3, -0.25) is 0 Å². The Morgan fingerprint density at radius 3 is 1.65 bits per heavy atom. The van der Waals surface area contributed by atoms with Crippen LogP contribution in [0.25, 0.3) is 0 Å². The van der Waals surface area contributed by atoms with E-state index in [-0.39, 0.29) is 0 Å². The van der Waals surface area contributed by atoms with E-state index in [1.165, 1.54) is 51.8 Å². The van der Waals surface area contributed by atoms with Crippen LogP contribution in [0.15, 0.2) is 24.3 Å². The summed E-state index contributed by atoms with van der Waals surface area (Å²) < 4.78 is 6.09. The van der Waals surface area contributed by atoms with E-state index in [4.69, 9.17) is 11.6 Å². The molecule has 0 unspecified atom stereocenters. The number of benzene rings is 1. The molecule has 0 bridgehead atoms. The molecular weight excluding hydrogens is 370 g/mol. The number of unbranched alkanes of at least 4 members (excludes halogenated alkanes) is 3. The van der Waals surface area contributed by atoms with Gasteiger partial charge in [0.1, 0.15) is 0 Å². The van der Waals surface area contributed by atoms with Crippen molar-refractivity contribution in [2.45, 2.75) is 72.6 Å². The summed E-state index contributed by atoms with van der Waals surface area (Å²) in [5.74, 6) is 0. The standard InChI is InChI=1S/C6H4Cl.3C4H9.Sn/c7-6-4-2-1-3-5-6;3*1-3-4-2;/h1-4H;3*1,3-4H2,2H3;. The Morgan fingerprint density at radius 2 is 1.25 bits per heavy atom. The van der Waals surface area contributed by atoms with Gasteiger partial charge >= 0.3 is 135 Å². The predicted molar refractivity (Wildman–Crippen MR) is 96.0 cm³/mol. The van der Waals surface area contributed by atoms with Crippen molar-refractivity contribution in [3.8, 4) is 0 Å². The quantitative estimate of drug-likeness (QED) is 0.398. The van der Waals surface area contributed by atoms with Crippen molar-refractivity contribution < 1.29 is 0 Å². The fourth-order valence-corrected chi connectivity index (χ4v) is 20.9. The van der Waals surface area contributed by atoms with Gasteiger partial charge in [-0.2, -0.15) is 0 Å². The van der Waals surface area contributed by atoms with E-state index in [2.05, 4.69) is 45.0 Å². The molecule has 0 aliphatic carbocycles. The van der Waals surface area contributed by atoms with Crippen LogP contribution < -0.4 is 3.58 Å². The molecule has 0 radical (unpaired) electrons. The van der Waals surface area contributed by atoms with Crippen molar-refractivity contribution in [2.24, 2.45) is 0 Å². The molecule has 0 aliphatic heterocycles. The fourth-order valence-electron chi connectivity index (χ4n) is 3.22. The van der Waals surface area contributed by atoms with Gasteiger partial charge in [0.15, 0.2) is 0 Å². The van der Waals surface area contributed by atoms with E-state index in [0.717, 1.165) is 5.02 Å². The Hall–Kier alpha value is 0.309. The van der Waals surface area contributed by atoms with Gasteiger partial charge in [0.2, 0.25) is 0 Å². The molecule has 0 spiro atoms. The normalized spacial score (nSPS) is 11.8. The molecule has 0 aliphatic rings. The Labute approximate surface area is 135 Å². The van der Waals surface area contributed by atoms with Crippen LogP contribution in [-0.2, 0) is 0 Å². The predicted octanol–water partition coefficient (Wildman–Crippen LogP) is 6.40. The summed E-state index contributed by atoms with van der Waals surface area (Å²) in [7, 11) is 0. The summed E-state index contributed by atoms with van der Waals surface area (Å²) in [5.41, 5.74) is 0. The van der Waals surface area contributed by atoms with Gasteiger partial charge < -0.3 is 0 Å². The molecule has 0 saturated carbocycles. The van der Waals surface area contributed by atoms with E-state index in [1.807, 2.05) is 0 Å². The summed E-state index contributed by atoms with van der Waals surface area (Å²) in [6.45, 7) is 6.97. The topological polar surface area (TPSA) is 0 Å². The first-order valence-electron chi connectivity index (χ1n) is 8.45. The molecule has 1 rings (SSSR count). The zero-order valence-electron chi connectivity index (χ0n) is 13.6. The molecule has 1 aromatic carbocycles. The zero-order chi connectivity index (χ0) is 14.8. The average Bonchev–Trinajstić information content (AvgIpc) is 2.48. The van der Waals surface area contributed by atoms with Crippen LogP contribution in [0.5, 0.6) is 0 Å². The summed E-state index contributed by atoms with van der Waals surface area (Å²) in [6, 6.07) is 8.77. The minimum atomic E-state index is -2.29. The number of hydrogen-bond donors (Lipinski definition) is 0. The Balaban J connectivity index is 3.08. The second kappa shape index (κ2) is 10.1. The van der Waals surface area contributed by atoms with Crippen molar-refractivity contribution in [2.75, 3.05) is 0 Å². The number of halogens is 1. The number of hydrogen-bond acceptors (Lipinski definition) is 0. The SMILES string of the molecule is CCC[CH2][Sn]([CH2]CCC)([CH2]CCC)[c]1ccccc1Cl. The third-order valence-corrected chi connectivity index (χ3v) is 21.0. The monoisotopic (exact) mass is 402 g/mol. The summed E-state index contributed by atoms with van der Waals surface area (Å²) in [4.78, 5) is 0. The van der Waals surface area contributed by atoms with Crippen molar-refractivity contribution in [3.05, 3.63) is 29.3 Å². The van der Waals surface area contributed by atoms with E-state index in [9.17, 15) is 0 Å². The number of rotatable bonds is 10. The van der Waals surface area contributed by atoms with E-state index in [1.54, 1.807) is 3.58 Å². The Bertz CT molecular complexity index is 354. The second-order valence-corrected chi connectivity index (χ2v) is 19.6. The maximum absolute atomic E-state index is 6.60. The van der Waals surface area contributed by atoms with E-state index >= 15 is 0 Å². The van der Waals surface area contributed by atoms with Gasteiger partial charge in [-0.1, -0.05) is 0 Å². The molecule has 0 nitrogen and oxygen atoms in total. The van der Waals surface area contributed by atoms with E-state index in [0.29, 0.717) is 0 Å². The zero-order valence-corrected chi connectivity index (χ0v) is 17.2. The van der Waals surface area contributed by atoms with E-state index < -0.39 is 18.4 Å². The summed E-state index contributed by atoms with van der Waals surface area (Å²) >= 11 is 4.31. The first-order chi connectivity index (χ1) is 9.70. The molecular formula is C18H31ClSn. The van der Waals surface area contributed by atoms with Gasteiger partial charge in [0.25, 0.3) is 0 Å². The molecule has 0 heterocycles. The molecule has 20 heavy (non-hydrogen) atoms. The van der Waals surface area contributed by atoms with Crippen LogP contribution >= 0.6 is 11.6 Å². The van der Waals surface area contributed by atoms with Crippen LogP contribution in [-0.4, -0.2) is 18.4 Å². The van der Waals surface area contributed by atoms with Crippen molar-refractivity contribution >= 4 is 33.6 Å². The molecule has 2 heteroatoms. The van der Waals surface area contributed by atoms with Crippen LogP contribution in [0, 0.1) is 0 Å². The van der Waals surface area contributed by atoms with Crippen LogP contribution in [0.1, 0.15) is 59.3 Å². The van der Waals surface area contributed by atoms with Gasteiger partial charge in [-0.25, -0.2) is 0 Å². The third kappa shape index (κ3) is 5.25. The average molecular weight is 402 g/mol. The minimum absolute atomic E-state index is 1.06. The summed E-state index contributed by atoms with van der Waals surface area (Å²) in [6.07, 6.45) is 8.16. The molecule has 0 atom stereocenters. The molecule has 1 aromatic rings. The molecule has 0 saturated heterocycles. The van der Waals surface area contributed by atoms with Crippen LogP contribution in [0.3, 0.4) is 0 Å². The maximum atomic E-state index is 6.60. The molecule has 0 fully saturated rings. The first-order valence-corrected chi connectivity index (χ1v) is 16.3. The molecule has 0 aromatic heterocycles. The second-order valence-electron chi connectivity index (χ2n) is 6.07. The van der Waals surface area contributed by atoms with Crippen molar-refractivity contribution in [1.82, 2.24) is 0 Å². The van der Waals surface area contributed by atoms with Gasteiger partial charge in [-0.05, 0) is 0 Å². The first kappa shape index (κ1) is 18.4. The van der Waals surface area contributed by atoms with Crippen LogP contribution in [0.2, 0.25) is 18.3 Å². The van der Waals surface area contributed by atoms with Crippen molar-refractivity contribution in [1.29, 1.82) is 0 Å². The molecule has 0 N–H and O–H groups in total. The Kier molecular flexibility index (Phi) is 9.28. The third-order valence-electron chi connectivity index (χ3n) is 4.47. The van der Waals surface area contributed by atoms with Gasteiger partial charge in [0.05, 0.1) is 0 Å². The fraction of sp³-hybridized carbons (Fsp3) is 0.667. The van der Waals surface area contributed by atoms with Gasteiger partial charge in [-0.15, -0.1) is 0 Å². The van der Waals surface area contributed by atoms with Crippen LogP contribution in [0.4, 0.5) is 0 Å². The molecule has 114 valence electrons. The Morgan fingerprint density at radius 1 is 0.800 bits per heavy atom.